The minimum atomic E-state index is -0.741. The number of aryl methyl sites for hydroxylation is 2. The average molecular weight is 231 g/mol. The fourth-order valence-electron chi connectivity index (χ4n) is 2.86. The van der Waals surface area contributed by atoms with Gasteiger partial charge in [-0.05, 0) is 18.6 Å². The Hall–Kier alpha value is -1.02. The number of benzene rings is 1. The van der Waals surface area contributed by atoms with E-state index in [-0.39, 0.29) is 0 Å². The molecule has 0 aliphatic carbocycles. The molecular formula is C14H21NSi. The van der Waals surface area contributed by atoms with E-state index in [1.807, 2.05) is 0 Å². The lowest BCUT2D eigenvalue weighted by Gasteiger charge is -2.14. The van der Waals surface area contributed by atoms with Crippen molar-refractivity contribution in [1.82, 2.24) is 4.57 Å². The van der Waals surface area contributed by atoms with E-state index < -0.39 is 8.80 Å². The molecule has 0 aliphatic rings. The summed E-state index contributed by atoms with van der Waals surface area (Å²) in [5.74, 6) is 0. The summed E-state index contributed by atoms with van der Waals surface area (Å²) in [4.78, 5) is 0. The van der Waals surface area contributed by atoms with Crippen LogP contribution in [0.5, 0.6) is 0 Å². The smallest absolute Gasteiger partial charge is 0.0915 e. The van der Waals surface area contributed by atoms with Crippen LogP contribution in [-0.2, 0) is 7.05 Å². The molecular weight excluding hydrogens is 210 g/mol. The highest BCUT2D eigenvalue weighted by molar-refractivity contribution is 6.73. The minimum Gasteiger partial charge on any atom is -0.352 e. The van der Waals surface area contributed by atoms with E-state index in [2.05, 4.69) is 56.7 Å². The molecule has 0 unspecified atom stereocenters. The van der Waals surface area contributed by atoms with Crippen LogP contribution in [0.3, 0.4) is 0 Å². The Bertz CT molecular complexity index is 456. The lowest BCUT2D eigenvalue weighted by molar-refractivity contribution is 0.990. The third-order valence-electron chi connectivity index (χ3n) is 3.79. The molecule has 1 heterocycles. The number of para-hydroxylation sites is 1. The van der Waals surface area contributed by atoms with E-state index in [1.165, 1.54) is 28.6 Å². The van der Waals surface area contributed by atoms with Crippen molar-refractivity contribution in [2.75, 3.05) is 0 Å². The molecule has 0 aliphatic heterocycles. The zero-order valence-electron chi connectivity index (χ0n) is 10.7. The van der Waals surface area contributed by atoms with Gasteiger partial charge in [0.05, 0.1) is 8.80 Å². The monoisotopic (exact) mass is 231 g/mol. The third kappa shape index (κ3) is 1.61. The van der Waals surface area contributed by atoms with Crippen LogP contribution in [-0.4, -0.2) is 13.4 Å². The fraction of sp³-hybridized carbons (Fsp3) is 0.429. The summed E-state index contributed by atoms with van der Waals surface area (Å²) in [6, 6.07) is 11.5. The van der Waals surface area contributed by atoms with E-state index in [9.17, 15) is 0 Å². The first-order valence-electron chi connectivity index (χ1n) is 6.24. The summed E-state index contributed by atoms with van der Waals surface area (Å²) in [6.45, 7) is 6.98. The second kappa shape index (κ2) is 4.46. The summed E-state index contributed by atoms with van der Waals surface area (Å²) in [6.07, 6.45) is 0. The van der Waals surface area contributed by atoms with Crippen molar-refractivity contribution in [3.05, 3.63) is 29.8 Å². The van der Waals surface area contributed by atoms with Gasteiger partial charge in [0.15, 0.2) is 0 Å². The van der Waals surface area contributed by atoms with Gasteiger partial charge in [-0.3, -0.25) is 0 Å². The standard InChI is InChI=1S/C14H21NSi/c1-5-16(6-2)14-11(3)12-9-7-8-10-13(12)15(14)4/h7-10,16H,5-6H2,1-4H3. The van der Waals surface area contributed by atoms with Gasteiger partial charge >= 0.3 is 0 Å². The molecule has 1 aromatic carbocycles. The van der Waals surface area contributed by atoms with Crippen molar-refractivity contribution in [2.45, 2.75) is 32.9 Å². The topological polar surface area (TPSA) is 4.93 Å². The molecule has 2 aromatic rings. The zero-order chi connectivity index (χ0) is 11.7. The first-order valence-corrected chi connectivity index (χ1v) is 8.45. The number of hydrogen-bond donors (Lipinski definition) is 0. The molecule has 86 valence electrons. The summed E-state index contributed by atoms with van der Waals surface area (Å²) < 4.78 is 2.44. The predicted octanol–water partition coefficient (Wildman–Crippen LogP) is 2.96. The maximum absolute atomic E-state index is 2.44. The molecule has 16 heavy (non-hydrogen) atoms. The lowest BCUT2D eigenvalue weighted by atomic mass is 10.2. The Morgan fingerprint density at radius 1 is 1.12 bits per heavy atom. The maximum atomic E-state index is 2.44. The molecule has 0 radical (unpaired) electrons. The van der Waals surface area contributed by atoms with Gasteiger partial charge in [-0.2, -0.15) is 0 Å². The van der Waals surface area contributed by atoms with Crippen LogP contribution in [0.1, 0.15) is 19.4 Å². The van der Waals surface area contributed by atoms with Gasteiger partial charge in [-0.15, -0.1) is 0 Å². The summed E-state index contributed by atoms with van der Waals surface area (Å²) >= 11 is 0. The number of fused-ring (bicyclic) bond motifs is 1. The lowest BCUT2D eigenvalue weighted by Crippen LogP contribution is -2.35. The van der Waals surface area contributed by atoms with E-state index in [0.29, 0.717) is 0 Å². The quantitative estimate of drug-likeness (QED) is 0.716. The van der Waals surface area contributed by atoms with Crippen LogP contribution in [0.25, 0.3) is 10.9 Å². The first-order chi connectivity index (χ1) is 7.70. The Morgan fingerprint density at radius 2 is 1.75 bits per heavy atom. The highest BCUT2D eigenvalue weighted by atomic mass is 28.3. The van der Waals surface area contributed by atoms with Crippen LogP contribution < -0.4 is 5.32 Å². The van der Waals surface area contributed by atoms with Crippen LogP contribution in [0.2, 0.25) is 12.1 Å². The van der Waals surface area contributed by atoms with Gasteiger partial charge in [-0.25, -0.2) is 0 Å². The van der Waals surface area contributed by atoms with Crippen LogP contribution in [0.4, 0.5) is 0 Å². The van der Waals surface area contributed by atoms with Gasteiger partial charge in [0, 0.05) is 23.3 Å². The van der Waals surface area contributed by atoms with Crippen molar-refractivity contribution in [1.29, 1.82) is 0 Å². The molecule has 0 saturated carbocycles. The number of nitrogens with zero attached hydrogens (tertiary/aromatic N) is 1. The molecule has 2 heteroatoms. The highest BCUT2D eigenvalue weighted by Gasteiger charge is 2.18. The van der Waals surface area contributed by atoms with E-state index in [0.717, 1.165) is 0 Å². The van der Waals surface area contributed by atoms with E-state index in [4.69, 9.17) is 0 Å². The van der Waals surface area contributed by atoms with Gasteiger partial charge < -0.3 is 4.57 Å². The van der Waals surface area contributed by atoms with Crippen LogP contribution in [0, 0.1) is 6.92 Å². The van der Waals surface area contributed by atoms with Gasteiger partial charge in [-0.1, -0.05) is 44.1 Å². The SMILES string of the molecule is CC[SiH](CC)c1c(C)c2ccccc2n1C. The Balaban J connectivity index is 2.70. The van der Waals surface area contributed by atoms with Crippen LogP contribution >= 0.6 is 0 Å². The third-order valence-corrected chi connectivity index (χ3v) is 7.35. The number of aromatic nitrogens is 1. The largest absolute Gasteiger partial charge is 0.352 e. The second-order valence-electron chi connectivity index (χ2n) is 4.60. The zero-order valence-corrected chi connectivity index (χ0v) is 11.9. The second-order valence-corrected chi connectivity index (χ2v) is 8.17. The minimum absolute atomic E-state index is 0.741. The molecule has 0 spiro atoms. The molecule has 0 atom stereocenters. The maximum Gasteiger partial charge on any atom is 0.0915 e. The molecule has 0 N–H and O–H groups in total. The van der Waals surface area contributed by atoms with Crippen molar-refractivity contribution in [3.63, 3.8) is 0 Å². The van der Waals surface area contributed by atoms with Gasteiger partial charge in [0.2, 0.25) is 0 Å². The van der Waals surface area contributed by atoms with Crippen LogP contribution in [0.15, 0.2) is 24.3 Å². The van der Waals surface area contributed by atoms with Crippen molar-refractivity contribution in [3.8, 4) is 0 Å². The molecule has 0 fully saturated rings. The van der Waals surface area contributed by atoms with Crippen molar-refractivity contribution < 1.29 is 0 Å². The average Bonchev–Trinajstić information content (AvgIpc) is 2.57. The first kappa shape index (κ1) is 11.5. The molecule has 1 aromatic heterocycles. The normalized spacial score (nSPS) is 11.6. The Labute approximate surface area is 99.7 Å². The fourth-order valence-corrected chi connectivity index (χ4v) is 5.66. The Morgan fingerprint density at radius 3 is 2.31 bits per heavy atom. The van der Waals surface area contributed by atoms with Gasteiger partial charge in [0.25, 0.3) is 0 Å². The molecule has 0 amide bonds. The summed E-state index contributed by atoms with van der Waals surface area (Å²) in [7, 11) is 1.49. The van der Waals surface area contributed by atoms with Gasteiger partial charge in [0.1, 0.15) is 0 Å². The molecule has 1 nitrogen and oxygen atoms in total. The summed E-state index contributed by atoms with van der Waals surface area (Å²) in [5.41, 5.74) is 2.92. The van der Waals surface area contributed by atoms with E-state index in [1.54, 1.807) is 5.32 Å². The van der Waals surface area contributed by atoms with Crippen molar-refractivity contribution >= 4 is 25.0 Å². The van der Waals surface area contributed by atoms with Crippen molar-refractivity contribution in [2.24, 2.45) is 7.05 Å². The molecule has 2 rings (SSSR count). The highest BCUT2D eigenvalue weighted by Crippen LogP contribution is 2.19. The number of rotatable bonds is 3. The molecule has 0 saturated heterocycles. The number of hydrogen-bond acceptors (Lipinski definition) is 0. The van der Waals surface area contributed by atoms with E-state index >= 15 is 0 Å². The summed E-state index contributed by atoms with van der Waals surface area (Å²) in [5, 5.41) is 3.10. The Kier molecular flexibility index (Phi) is 3.19. The molecule has 0 bridgehead atoms. The predicted molar refractivity (Wildman–Crippen MR) is 75.4 cm³/mol.